The van der Waals surface area contributed by atoms with Crippen molar-refractivity contribution in [2.24, 2.45) is 0 Å². The summed E-state index contributed by atoms with van der Waals surface area (Å²) < 4.78 is 25.9. The van der Waals surface area contributed by atoms with Crippen molar-refractivity contribution < 1.29 is 23.8 Å². The van der Waals surface area contributed by atoms with Crippen molar-refractivity contribution in [1.29, 1.82) is 0 Å². The van der Waals surface area contributed by atoms with E-state index in [4.69, 9.17) is 14.6 Å². The van der Waals surface area contributed by atoms with Gasteiger partial charge in [-0.25, -0.2) is 4.39 Å². The number of hydrogen-bond donors (Lipinski definition) is 2. The minimum atomic E-state index is -0.934. The normalized spacial score (nSPS) is 10.9. The number of carboxylic acid groups (broad SMARTS) is 1. The fraction of sp³-hybridized carbons (Fsp3) is 0.367. The van der Waals surface area contributed by atoms with Gasteiger partial charge in [0.05, 0.1) is 6.61 Å². The second kappa shape index (κ2) is 12.5. The molecule has 0 fully saturated rings. The van der Waals surface area contributed by atoms with Crippen LogP contribution in [-0.4, -0.2) is 30.9 Å². The molecule has 3 aromatic rings. The van der Waals surface area contributed by atoms with E-state index >= 15 is 0 Å². The summed E-state index contributed by atoms with van der Waals surface area (Å²) in [6, 6.07) is 13.2. The number of carboxylic acids is 1. The summed E-state index contributed by atoms with van der Waals surface area (Å²) >= 11 is 0. The first-order valence-corrected chi connectivity index (χ1v) is 12.4. The van der Waals surface area contributed by atoms with E-state index in [1.165, 1.54) is 22.8 Å². The van der Waals surface area contributed by atoms with Gasteiger partial charge in [0.25, 0.3) is 0 Å². The Bertz CT molecular complexity index is 1190. The lowest BCUT2D eigenvalue weighted by molar-refractivity contribution is -0.136. The smallest absolute Gasteiger partial charge is 0.303 e. The number of aliphatic carboxylic acids is 1. The molecule has 0 spiro atoms. The average Bonchev–Trinajstić information content (AvgIpc) is 2.85. The first kappa shape index (κ1) is 27.2. The monoisotopic (exact) mass is 493 g/mol. The number of rotatable bonds is 12. The molecule has 0 amide bonds. The maximum absolute atomic E-state index is 14.4. The molecule has 0 aliphatic carbocycles. The van der Waals surface area contributed by atoms with Crippen molar-refractivity contribution in [1.82, 2.24) is 0 Å². The van der Waals surface area contributed by atoms with Gasteiger partial charge in [-0.05, 0) is 104 Å². The van der Waals surface area contributed by atoms with Gasteiger partial charge in [0, 0.05) is 25.3 Å². The van der Waals surface area contributed by atoms with Crippen LogP contribution in [0.4, 0.5) is 10.1 Å². The summed E-state index contributed by atoms with van der Waals surface area (Å²) in [5.74, 6) is -0.396. The van der Waals surface area contributed by atoms with Crippen LogP contribution in [0.15, 0.2) is 42.5 Å². The van der Waals surface area contributed by atoms with Crippen molar-refractivity contribution in [3.8, 4) is 16.9 Å². The molecule has 0 aliphatic rings. The van der Waals surface area contributed by atoms with Crippen molar-refractivity contribution in [3.63, 3.8) is 0 Å². The zero-order valence-corrected chi connectivity index (χ0v) is 21.8. The van der Waals surface area contributed by atoms with Crippen LogP contribution in [-0.2, 0) is 22.5 Å². The second-order valence-corrected chi connectivity index (χ2v) is 9.00. The number of anilines is 1. The van der Waals surface area contributed by atoms with Gasteiger partial charge in [-0.1, -0.05) is 24.3 Å². The van der Waals surface area contributed by atoms with E-state index in [1.807, 2.05) is 19.1 Å². The predicted molar refractivity (Wildman–Crippen MR) is 142 cm³/mol. The van der Waals surface area contributed by atoms with Gasteiger partial charge in [-0.3, -0.25) is 4.79 Å². The van der Waals surface area contributed by atoms with Gasteiger partial charge in [-0.2, -0.15) is 0 Å². The molecule has 2 N–H and O–H groups in total. The van der Waals surface area contributed by atoms with E-state index in [-0.39, 0.29) is 12.8 Å². The number of carbonyl (C=O) groups is 1. The quantitative estimate of drug-likeness (QED) is 0.273. The van der Waals surface area contributed by atoms with Crippen LogP contribution in [0, 0.1) is 33.5 Å². The molecule has 36 heavy (non-hydrogen) atoms. The highest BCUT2D eigenvalue weighted by molar-refractivity contribution is 5.76. The number of aryl methyl sites for hydroxylation is 1. The maximum atomic E-state index is 14.4. The molecular weight excluding hydrogens is 457 g/mol. The van der Waals surface area contributed by atoms with Crippen molar-refractivity contribution >= 4 is 11.7 Å². The summed E-state index contributed by atoms with van der Waals surface area (Å²) in [5, 5.41) is 12.1. The van der Waals surface area contributed by atoms with Crippen molar-refractivity contribution in [2.45, 2.75) is 54.0 Å². The molecule has 5 nitrogen and oxygen atoms in total. The minimum Gasteiger partial charge on any atom is -0.491 e. The summed E-state index contributed by atoms with van der Waals surface area (Å²) in [6.07, 6.45) is 0.0893. The number of ether oxygens (including phenoxy) is 2. The minimum absolute atomic E-state index is 0.0886. The van der Waals surface area contributed by atoms with Crippen molar-refractivity contribution in [3.05, 3.63) is 81.7 Å². The van der Waals surface area contributed by atoms with Gasteiger partial charge < -0.3 is 19.9 Å². The number of benzene rings is 3. The first-order valence-electron chi connectivity index (χ1n) is 12.4. The summed E-state index contributed by atoms with van der Waals surface area (Å²) in [5.41, 5.74) is 9.12. The molecule has 0 bridgehead atoms. The molecule has 0 aromatic heterocycles. The topological polar surface area (TPSA) is 67.8 Å². The molecule has 3 rings (SSSR count). The van der Waals surface area contributed by atoms with Gasteiger partial charge >= 0.3 is 5.97 Å². The van der Waals surface area contributed by atoms with E-state index < -0.39 is 11.8 Å². The second-order valence-electron chi connectivity index (χ2n) is 9.00. The van der Waals surface area contributed by atoms with E-state index in [2.05, 4.69) is 45.1 Å². The van der Waals surface area contributed by atoms with E-state index in [0.29, 0.717) is 37.6 Å². The highest BCUT2D eigenvalue weighted by Gasteiger charge is 2.17. The fourth-order valence-corrected chi connectivity index (χ4v) is 4.42. The third kappa shape index (κ3) is 6.64. The largest absolute Gasteiger partial charge is 0.491 e. The average molecular weight is 494 g/mol. The Morgan fingerprint density at radius 1 is 0.972 bits per heavy atom. The molecular formula is C30H36FNO4. The van der Waals surface area contributed by atoms with Crippen LogP contribution in [0.3, 0.4) is 0 Å². The number of nitrogens with one attached hydrogen (secondary N) is 1. The maximum Gasteiger partial charge on any atom is 0.303 e. The third-order valence-corrected chi connectivity index (χ3v) is 6.61. The SMILES string of the molecule is CCOCCOc1c(C)c(C)c(-c2cccc(CNc3ccc(CCC(=O)O)c(F)c3)c2)c(C)c1C. The molecule has 0 aliphatic heterocycles. The standard InChI is InChI=1S/C30H36FNO4/c1-6-35-14-15-36-30-21(4)19(2)29(20(3)22(30)5)25-9-7-8-23(16-25)18-32-26-12-10-24(27(31)17-26)11-13-28(33)34/h7-10,12,16-17,32H,6,11,13-15,18H2,1-5H3,(H,33,34). The van der Waals surface area contributed by atoms with E-state index in [0.717, 1.165) is 28.0 Å². The molecule has 0 unspecified atom stereocenters. The van der Waals surface area contributed by atoms with Crippen LogP contribution < -0.4 is 10.1 Å². The Balaban J connectivity index is 1.78. The Morgan fingerprint density at radius 2 is 1.69 bits per heavy atom. The first-order chi connectivity index (χ1) is 17.2. The van der Waals surface area contributed by atoms with Crippen LogP contribution >= 0.6 is 0 Å². The summed E-state index contributed by atoms with van der Waals surface area (Å²) in [4.78, 5) is 10.8. The summed E-state index contributed by atoms with van der Waals surface area (Å²) in [7, 11) is 0. The molecule has 6 heteroatoms. The molecule has 0 atom stereocenters. The third-order valence-electron chi connectivity index (χ3n) is 6.61. The lowest BCUT2D eigenvalue weighted by atomic mass is 9.88. The van der Waals surface area contributed by atoms with Crippen molar-refractivity contribution in [2.75, 3.05) is 25.1 Å². The van der Waals surface area contributed by atoms with E-state index in [1.54, 1.807) is 12.1 Å². The Labute approximate surface area is 213 Å². The molecule has 3 aromatic carbocycles. The zero-order chi connectivity index (χ0) is 26.2. The molecule has 192 valence electrons. The van der Waals surface area contributed by atoms with Gasteiger partial charge in [-0.15, -0.1) is 0 Å². The number of hydrogen-bond acceptors (Lipinski definition) is 4. The molecule has 0 saturated heterocycles. The summed E-state index contributed by atoms with van der Waals surface area (Å²) in [6.45, 7) is 12.7. The lowest BCUT2D eigenvalue weighted by Crippen LogP contribution is -2.10. The fourth-order valence-electron chi connectivity index (χ4n) is 4.42. The van der Waals surface area contributed by atoms with Gasteiger partial charge in [0.15, 0.2) is 0 Å². The highest BCUT2D eigenvalue weighted by Crippen LogP contribution is 2.38. The zero-order valence-electron chi connectivity index (χ0n) is 21.8. The van der Waals surface area contributed by atoms with Gasteiger partial charge in [0.2, 0.25) is 0 Å². The molecule has 0 radical (unpaired) electrons. The van der Waals surface area contributed by atoms with Crippen LogP contribution in [0.5, 0.6) is 5.75 Å². The molecule has 0 heterocycles. The Kier molecular flexibility index (Phi) is 9.48. The number of halogens is 1. The highest BCUT2D eigenvalue weighted by atomic mass is 19.1. The van der Waals surface area contributed by atoms with Crippen LogP contribution in [0.1, 0.15) is 46.7 Å². The van der Waals surface area contributed by atoms with Crippen LogP contribution in [0.2, 0.25) is 0 Å². The predicted octanol–water partition coefficient (Wildman–Crippen LogP) is 6.77. The lowest BCUT2D eigenvalue weighted by Gasteiger charge is -2.21. The Hall–Kier alpha value is -3.38. The Morgan fingerprint density at radius 3 is 2.33 bits per heavy atom. The van der Waals surface area contributed by atoms with E-state index in [9.17, 15) is 9.18 Å². The van der Waals surface area contributed by atoms with Crippen LogP contribution in [0.25, 0.3) is 11.1 Å². The van der Waals surface area contributed by atoms with Gasteiger partial charge in [0.1, 0.15) is 18.2 Å². The molecule has 0 saturated carbocycles.